The van der Waals surface area contributed by atoms with Crippen molar-refractivity contribution in [1.82, 2.24) is 15.1 Å². The summed E-state index contributed by atoms with van der Waals surface area (Å²) in [6.07, 6.45) is 3.35. The zero-order valence-electron chi connectivity index (χ0n) is 11.5. The summed E-state index contributed by atoms with van der Waals surface area (Å²) in [5.41, 5.74) is 1.11. The van der Waals surface area contributed by atoms with Crippen LogP contribution >= 0.6 is 0 Å². The van der Waals surface area contributed by atoms with Crippen LogP contribution < -0.4 is 10.1 Å². The van der Waals surface area contributed by atoms with Gasteiger partial charge in [-0.15, -0.1) is 0 Å². The number of halogens is 1. The Morgan fingerprint density at radius 1 is 1.43 bits per heavy atom. The zero-order valence-corrected chi connectivity index (χ0v) is 11.5. The summed E-state index contributed by atoms with van der Waals surface area (Å²) < 4.78 is 20.5. The van der Waals surface area contributed by atoms with Gasteiger partial charge < -0.3 is 10.1 Å². The largest absolute Gasteiger partial charge is 0.481 e. The highest BCUT2D eigenvalue weighted by Crippen LogP contribution is 2.16. The van der Waals surface area contributed by atoms with Gasteiger partial charge in [0.05, 0.1) is 0 Å². The number of para-hydroxylation sites is 1. The van der Waals surface area contributed by atoms with Gasteiger partial charge in [-0.05, 0) is 24.6 Å². The predicted molar refractivity (Wildman–Crippen MR) is 74.4 cm³/mol. The van der Waals surface area contributed by atoms with E-state index >= 15 is 0 Å². The van der Waals surface area contributed by atoms with Crippen molar-refractivity contribution >= 4 is 5.91 Å². The van der Waals surface area contributed by atoms with E-state index in [1.54, 1.807) is 18.3 Å². The number of nitrogens with zero attached hydrogens (tertiary/aromatic N) is 2. The van der Waals surface area contributed by atoms with Gasteiger partial charge in [0, 0.05) is 30.9 Å². The Kier molecular flexibility index (Phi) is 3.85. The van der Waals surface area contributed by atoms with Gasteiger partial charge in [-0.2, -0.15) is 5.10 Å². The minimum atomic E-state index is -0.466. The maximum Gasteiger partial charge on any atom is 0.258 e. The summed E-state index contributed by atoms with van der Waals surface area (Å²) in [7, 11) is 0. The molecule has 110 valence electrons. The molecule has 1 unspecified atom stereocenters. The molecule has 6 heteroatoms. The van der Waals surface area contributed by atoms with Gasteiger partial charge in [-0.3, -0.25) is 9.48 Å². The summed E-state index contributed by atoms with van der Waals surface area (Å²) in [5.74, 6) is -0.613. The van der Waals surface area contributed by atoms with Crippen LogP contribution in [0.15, 0.2) is 36.5 Å². The number of amides is 1. The lowest BCUT2D eigenvalue weighted by Crippen LogP contribution is -2.42. The minimum absolute atomic E-state index is 0.0749. The molecule has 0 aliphatic carbocycles. The second kappa shape index (κ2) is 5.95. The molecular weight excluding hydrogens is 273 g/mol. The molecule has 5 nitrogen and oxygen atoms in total. The number of nitrogens with one attached hydrogen (secondary N) is 1. The molecule has 0 saturated heterocycles. The Morgan fingerprint density at radius 3 is 3.14 bits per heavy atom. The number of ether oxygens (including phenoxy) is 1. The third-order valence-corrected chi connectivity index (χ3v) is 3.51. The van der Waals surface area contributed by atoms with Crippen molar-refractivity contribution < 1.29 is 13.9 Å². The normalized spacial score (nSPS) is 17.1. The Morgan fingerprint density at radius 2 is 2.29 bits per heavy atom. The molecule has 1 aliphatic rings. The standard InChI is InChI=1S/C15H16FN3O2/c16-13-3-1-2-4-14(13)21-10-15(20)18-11-6-8-19-12(9-11)5-7-17-19/h1-5,7,11H,6,8-10H2,(H,18,20). The molecule has 0 saturated carbocycles. The summed E-state index contributed by atoms with van der Waals surface area (Å²) in [6, 6.07) is 8.07. The van der Waals surface area contributed by atoms with Gasteiger partial charge >= 0.3 is 0 Å². The SMILES string of the molecule is O=C(COc1ccccc1F)NC1CCn2nccc2C1. The summed E-state index contributed by atoms with van der Waals surface area (Å²) in [5, 5.41) is 7.11. The number of fused-ring (bicyclic) bond motifs is 1. The Hall–Kier alpha value is -2.37. The molecule has 1 amide bonds. The van der Waals surface area contributed by atoms with Crippen LogP contribution in [0.3, 0.4) is 0 Å². The molecule has 1 aromatic heterocycles. The van der Waals surface area contributed by atoms with Crippen molar-refractivity contribution in [3.63, 3.8) is 0 Å². The molecule has 1 N–H and O–H groups in total. The first-order valence-electron chi connectivity index (χ1n) is 6.90. The minimum Gasteiger partial charge on any atom is -0.481 e. The van der Waals surface area contributed by atoms with E-state index in [-0.39, 0.29) is 24.3 Å². The predicted octanol–water partition coefficient (Wildman–Crippen LogP) is 1.53. The lowest BCUT2D eigenvalue weighted by atomic mass is 10.0. The maximum absolute atomic E-state index is 13.4. The van der Waals surface area contributed by atoms with E-state index in [1.807, 2.05) is 10.7 Å². The summed E-state index contributed by atoms with van der Waals surface area (Å²) in [6.45, 7) is 0.609. The van der Waals surface area contributed by atoms with Crippen LogP contribution in [0.1, 0.15) is 12.1 Å². The van der Waals surface area contributed by atoms with Gasteiger partial charge in [0.15, 0.2) is 18.2 Å². The fraction of sp³-hybridized carbons (Fsp3) is 0.333. The van der Waals surface area contributed by atoms with E-state index in [0.717, 1.165) is 25.1 Å². The van der Waals surface area contributed by atoms with Crippen molar-refractivity contribution in [2.24, 2.45) is 0 Å². The van der Waals surface area contributed by atoms with Gasteiger partial charge in [0.1, 0.15) is 0 Å². The van der Waals surface area contributed by atoms with Crippen molar-refractivity contribution in [2.45, 2.75) is 25.4 Å². The van der Waals surface area contributed by atoms with Gasteiger partial charge in [0.2, 0.25) is 0 Å². The Balaban J connectivity index is 1.50. The molecule has 1 atom stereocenters. The Labute approximate surface area is 121 Å². The smallest absolute Gasteiger partial charge is 0.258 e. The first-order valence-corrected chi connectivity index (χ1v) is 6.90. The van der Waals surface area contributed by atoms with Gasteiger partial charge in [-0.25, -0.2) is 4.39 Å². The molecule has 2 aromatic rings. The molecule has 1 aliphatic heterocycles. The highest BCUT2D eigenvalue weighted by molar-refractivity contribution is 5.77. The number of carbonyl (C=O) groups excluding carboxylic acids is 1. The van der Waals surface area contributed by atoms with E-state index in [9.17, 15) is 9.18 Å². The number of aryl methyl sites for hydroxylation is 1. The molecule has 1 aromatic carbocycles. The van der Waals surface area contributed by atoms with Gasteiger partial charge in [-0.1, -0.05) is 12.1 Å². The van der Waals surface area contributed by atoms with Crippen LogP contribution in [-0.2, 0) is 17.8 Å². The first-order chi connectivity index (χ1) is 10.2. The van der Waals surface area contributed by atoms with Crippen LogP contribution in [0.4, 0.5) is 4.39 Å². The van der Waals surface area contributed by atoms with E-state index in [2.05, 4.69) is 10.4 Å². The van der Waals surface area contributed by atoms with Crippen LogP contribution in [0.2, 0.25) is 0 Å². The first kappa shape index (κ1) is 13.6. The number of hydrogen-bond donors (Lipinski definition) is 1. The number of hydrogen-bond acceptors (Lipinski definition) is 3. The average molecular weight is 289 g/mol. The quantitative estimate of drug-likeness (QED) is 0.928. The Bertz CT molecular complexity index is 641. The molecular formula is C15H16FN3O2. The lowest BCUT2D eigenvalue weighted by molar-refractivity contribution is -0.124. The maximum atomic E-state index is 13.4. The van der Waals surface area contributed by atoms with Crippen LogP contribution in [-0.4, -0.2) is 28.3 Å². The van der Waals surface area contributed by atoms with Crippen LogP contribution in [0, 0.1) is 5.82 Å². The average Bonchev–Trinajstić information content (AvgIpc) is 2.94. The lowest BCUT2D eigenvalue weighted by Gasteiger charge is -2.24. The zero-order chi connectivity index (χ0) is 14.7. The third-order valence-electron chi connectivity index (χ3n) is 3.51. The number of benzene rings is 1. The molecule has 2 heterocycles. The van der Waals surface area contributed by atoms with Crippen molar-refractivity contribution in [3.05, 3.63) is 48.0 Å². The van der Waals surface area contributed by atoms with E-state index in [0.29, 0.717) is 0 Å². The topological polar surface area (TPSA) is 56.1 Å². The van der Waals surface area contributed by atoms with Crippen LogP contribution in [0.5, 0.6) is 5.75 Å². The van der Waals surface area contributed by atoms with E-state index in [1.165, 1.54) is 12.1 Å². The third kappa shape index (κ3) is 3.21. The fourth-order valence-corrected chi connectivity index (χ4v) is 2.47. The number of carbonyl (C=O) groups is 1. The second-order valence-electron chi connectivity index (χ2n) is 5.02. The highest BCUT2D eigenvalue weighted by atomic mass is 19.1. The number of rotatable bonds is 4. The fourth-order valence-electron chi connectivity index (χ4n) is 2.47. The van der Waals surface area contributed by atoms with Crippen molar-refractivity contribution in [2.75, 3.05) is 6.61 Å². The number of aromatic nitrogens is 2. The molecule has 0 fully saturated rings. The van der Waals surface area contributed by atoms with Crippen LogP contribution in [0.25, 0.3) is 0 Å². The molecule has 0 spiro atoms. The van der Waals surface area contributed by atoms with Crippen molar-refractivity contribution in [1.29, 1.82) is 0 Å². The van der Waals surface area contributed by atoms with Crippen molar-refractivity contribution in [3.8, 4) is 5.75 Å². The second-order valence-corrected chi connectivity index (χ2v) is 5.02. The molecule has 0 bridgehead atoms. The molecule has 0 radical (unpaired) electrons. The van der Waals surface area contributed by atoms with E-state index in [4.69, 9.17) is 4.74 Å². The monoisotopic (exact) mass is 289 g/mol. The molecule has 3 rings (SSSR count). The van der Waals surface area contributed by atoms with Gasteiger partial charge in [0.25, 0.3) is 5.91 Å². The van der Waals surface area contributed by atoms with E-state index < -0.39 is 5.82 Å². The highest BCUT2D eigenvalue weighted by Gasteiger charge is 2.20. The molecule has 21 heavy (non-hydrogen) atoms. The summed E-state index contributed by atoms with van der Waals surface area (Å²) >= 11 is 0. The summed E-state index contributed by atoms with van der Waals surface area (Å²) in [4.78, 5) is 11.9.